The first-order valence-corrected chi connectivity index (χ1v) is 6.02. The number of nitrogens with one attached hydrogen (secondary N) is 1. The van der Waals surface area contributed by atoms with Crippen molar-refractivity contribution in [1.29, 1.82) is 0 Å². The highest BCUT2D eigenvalue weighted by Crippen LogP contribution is 2.21. The molecule has 0 aliphatic rings. The van der Waals surface area contributed by atoms with E-state index in [1.807, 2.05) is 17.7 Å². The molecule has 94 valence electrons. The molecule has 5 nitrogen and oxygen atoms in total. The first kappa shape index (κ1) is 12.8. The van der Waals surface area contributed by atoms with Gasteiger partial charge in [0.1, 0.15) is 11.3 Å². The monoisotopic (exact) mass is 281 g/mol. The molecule has 0 aliphatic carbocycles. The molecule has 0 fully saturated rings. The van der Waals surface area contributed by atoms with Gasteiger partial charge in [-0.15, -0.1) is 10.2 Å². The molecule has 0 atom stereocenters. The Kier molecular flexibility index (Phi) is 3.78. The summed E-state index contributed by atoms with van der Waals surface area (Å²) in [6.07, 6.45) is 1.65. The lowest BCUT2D eigenvalue weighted by Crippen LogP contribution is -2.10. The van der Waals surface area contributed by atoms with Crippen molar-refractivity contribution < 1.29 is 0 Å². The summed E-state index contributed by atoms with van der Waals surface area (Å²) in [6.45, 7) is 0.569. The van der Waals surface area contributed by atoms with Gasteiger partial charge in [-0.3, -0.25) is 0 Å². The van der Waals surface area contributed by atoms with Crippen molar-refractivity contribution in [2.75, 3.05) is 5.32 Å². The molecule has 0 unspecified atom stereocenters. The third-order valence-corrected chi connectivity index (χ3v) is 3.02. The van der Waals surface area contributed by atoms with Crippen molar-refractivity contribution in [3.63, 3.8) is 0 Å². The standard InChI is InChI=1S/C11H12ClN5S/c1-17-6-15-16-10(17)5-14-7-2-3-8(11(13)18)9(12)4-7/h2-4,6,14H,5H2,1H3,(H2,13,18). The molecule has 0 saturated heterocycles. The third-order valence-electron chi connectivity index (χ3n) is 2.49. The minimum atomic E-state index is 0.292. The molecule has 0 bridgehead atoms. The summed E-state index contributed by atoms with van der Waals surface area (Å²) >= 11 is 11.0. The van der Waals surface area contributed by atoms with Crippen LogP contribution in [0.1, 0.15) is 11.4 Å². The number of benzene rings is 1. The van der Waals surface area contributed by atoms with Gasteiger partial charge in [0.15, 0.2) is 5.82 Å². The summed E-state index contributed by atoms with van der Waals surface area (Å²) in [4.78, 5) is 0.292. The number of aromatic nitrogens is 3. The van der Waals surface area contributed by atoms with Crippen LogP contribution in [-0.2, 0) is 13.6 Å². The molecule has 3 N–H and O–H groups in total. The fraction of sp³-hybridized carbons (Fsp3) is 0.182. The van der Waals surface area contributed by atoms with Crippen LogP contribution in [0.4, 0.5) is 5.69 Å². The number of nitrogens with zero attached hydrogens (tertiary/aromatic N) is 3. The summed E-state index contributed by atoms with van der Waals surface area (Å²) < 4.78 is 1.85. The van der Waals surface area contributed by atoms with Crippen LogP contribution in [0.2, 0.25) is 5.02 Å². The minimum Gasteiger partial charge on any atom is -0.389 e. The lowest BCUT2D eigenvalue weighted by molar-refractivity contribution is 0.812. The van der Waals surface area contributed by atoms with E-state index in [1.165, 1.54) is 0 Å². The zero-order valence-corrected chi connectivity index (χ0v) is 11.3. The van der Waals surface area contributed by atoms with Gasteiger partial charge in [0.25, 0.3) is 0 Å². The van der Waals surface area contributed by atoms with Crippen molar-refractivity contribution in [2.24, 2.45) is 12.8 Å². The van der Waals surface area contributed by atoms with E-state index in [0.717, 1.165) is 11.5 Å². The predicted octanol–water partition coefficient (Wildman–Crippen LogP) is 1.71. The van der Waals surface area contributed by atoms with Crippen LogP contribution in [0.3, 0.4) is 0 Å². The highest BCUT2D eigenvalue weighted by molar-refractivity contribution is 7.80. The highest BCUT2D eigenvalue weighted by atomic mass is 35.5. The largest absolute Gasteiger partial charge is 0.389 e. The van der Waals surface area contributed by atoms with E-state index in [2.05, 4.69) is 15.5 Å². The second-order valence-corrected chi connectivity index (χ2v) is 4.62. The Morgan fingerprint density at radius 1 is 1.56 bits per heavy atom. The van der Waals surface area contributed by atoms with Crippen molar-refractivity contribution in [2.45, 2.75) is 6.54 Å². The molecule has 0 aliphatic heterocycles. The molecule has 18 heavy (non-hydrogen) atoms. The molecule has 0 amide bonds. The van der Waals surface area contributed by atoms with E-state index in [9.17, 15) is 0 Å². The Balaban J connectivity index is 2.09. The summed E-state index contributed by atoms with van der Waals surface area (Å²) in [6, 6.07) is 5.45. The van der Waals surface area contributed by atoms with Gasteiger partial charge in [0.05, 0.1) is 11.6 Å². The quantitative estimate of drug-likeness (QED) is 0.835. The molecular formula is C11H12ClN5S. The normalized spacial score (nSPS) is 10.3. The van der Waals surface area contributed by atoms with Gasteiger partial charge in [-0.1, -0.05) is 23.8 Å². The van der Waals surface area contributed by atoms with Gasteiger partial charge in [-0.25, -0.2) is 0 Å². The van der Waals surface area contributed by atoms with Crippen LogP contribution >= 0.6 is 23.8 Å². The SMILES string of the molecule is Cn1cnnc1CNc1ccc(C(N)=S)c(Cl)c1. The molecule has 2 aromatic rings. The van der Waals surface area contributed by atoms with Crippen LogP contribution in [0, 0.1) is 0 Å². The molecule has 1 aromatic carbocycles. The van der Waals surface area contributed by atoms with E-state index >= 15 is 0 Å². The lowest BCUT2D eigenvalue weighted by atomic mass is 10.2. The number of thiocarbonyl (C=S) groups is 1. The lowest BCUT2D eigenvalue weighted by Gasteiger charge is -2.08. The van der Waals surface area contributed by atoms with Crippen LogP contribution in [-0.4, -0.2) is 19.8 Å². The first-order valence-electron chi connectivity index (χ1n) is 5.24. The highest BCUT2D eigenvalue weighted by Gasteiger charge is 2.05. The molecule has 2 rings (SSSR count). The Hall–Kier alpha value is -1.66. The number of anilines is 1. The van der Waals surface area contributed by atoms with Crippen LogP contribution in [0.15, 0.2) is 24.5 Å². The third kappa shape index (κ3) is 2.77. The van der Waals surface area contributed by atoms with E-state index in [4.69, 9.17) is 29.6 Å². The number of hydrogen-bond donors (Lipinski definition) is 2. The van der Waals surface area contributed by atoms with Crippen molar-refractivity contribution in [1.82, 2.24) is 14.8 Å². The average Bonchev–Trinajstić information content (AvgIpc) is 2.72. The van der Waals surface area contributed by atoms with Gasteiger partial charge in [-0.2, -0.15) is 0 Å². The maximum absolute atomic E-state index is 6.08. The number of hydrogen-bond acceptors (Lipinski definition) is 4. The zero-order valence-electron chi connectivity index (χ0n) is 9.72. The zero-order chi connectivity index (χ0) is 13.1. The van der Waals surface area contributed by atoms with E-state index in [1.54, 1.807) is 18.5 Å². The second kappa shape index (κ2) is 5.32. The summed E-state index contributed by atoms with van der Waals surface area (Å²) in [5.74, 6) is 0.838. The molecule has 1 aromatic heterocycles. The Morgan fingerprint density at radius 2 is 2.33 bits per heavy atom. The Morgan fingerprint density at radius 3 is 2.89 bits per heavy atom. The van der Waals surface area contributed by atoms with Crippen molar-refractivity contribution in [3.05, 3.63) is 40.9 Å². The maximum Gasteiger partial charge on any atom is 0.151 e. The van der Waals surface area contributed by atoms with Crippen molar-refractivity contribution in [3.8, 4) is 0 Å². The van der Waals surface area contributed by atoms with E-state index < -0.39 is 0 Å². The van der Waals surface area contributed by atoms with Crippen molar-refractivity contribution >= 4 is 34.5 Å². The predicted molar refractivity (Wildman–Crippen MR) is 75.7 cm³/mol. The second-order valence-electron chi connectivity index (χ2n) is 3.77. The molecule has 0 saturated carbocycles. The fourth-order valence-corrected chi connectivity index (χ4v) is 1.99. The molecule has 1 heterocycles. The van der Waals surface area contributed by atoms with Crippen LogP contribution in [0.25, 0.3) is 0 Å². The summed E-state index contributed by atoms with van der Waals surface area (Å²) in [5.41, 5.74) is 7.10. The number of nitrogens with two attached hydrogens (primary N) is 1. The Labute approximate surface area is 115 Å². The Bertz CT molecular complexity index is 581. The van der Waals surface area contributed by atoms with Gasteiger partial charge in [0.2, 0.25) is 0 Å². The molecule has 0 radical (unpaired) electrons. The van der Waals surface area contributed by atoms with E-state index in [0.29, 0.717) is 22.1 Å². The maximum atomic E-state index is 6.08. The molecule has 0 spiro atoms. The van der Waals surface area contributed by atoms with Crippen LogP contribution < -0.4 is 11.1 Å². The number of aryl methyl sites for hydroxylation is 1. The topological polar surface area (TPSA) is 68.8 Å². The average molecular weight is 282 g/mol. The first-order chi connectivity index (χ1) is 8.58. The number of halogens is 1. The smallest absolute Gasteiger partial charge is 0.151 e. The van der Waals surface area contributed by atoms with Gasteiger partial charge >= 0.3 is 0 Å². The van der Waals surface area contributed by atoms with Gasteiger partial charge in [0, 0.05) is 18.3 Å². The molecular weight excluding hydrogens is 270 g/mol. The summed E-state index contributed by atoms with van der Waals surface area (Å²) in [7, 11) is 1.89. The van der Waals surface area contributed by atoms with Gasteiger partial charge in [-0.05, 0) is 18.2 Å². The minimum absolute atomic E-state index is 0.292. The van der Waals surface area contributed by atoms with E-state index in [-0.39, 0.29) is 0 Å². The van der Waals surface area contributed by atoms with Gasteiger partial charge < -0.3 is 15.6 Å². The number of rotatable bonds is 4. The fourth-order valence-electron chi connectivity index (χ4n) is 1.47. The van der Waals surface area contributed by atoms with Crippen LogP contribution in [0.5, 0.6) is 0 Å². The summed E-state index contributed by atoms with van der Waals surface area (Å²) in [5, 5.41) is 11.5. The molecule has 7 heteroatoms.